The molecule has 0 aromatic rings. The lowest BCUT2D eigenvalue weighted by atomic mass is 9.80. The van der Waals surface area contributed by atoms with Gasteiger partial charge in [-0.25, -0.2) is 0 Å². The highest BCUT2D eigenvalue weighted by molar-refractivity contribution is 6.25. The monoisotopic (exact) mass is 320 g/mol. The quantitative estimate of drug-likeness (QED) is 0.243. The van der Waals surface area contributed by atoms with Crippen LogP contribution in [0.1, 0.15) is 13.3 Å². The fourth-order valence-electron chi connectivity index (χ4n) is 4.05. The van der Waals surface area contributed by atoms with Crippen molar-refractivity contribution in [3.63, 3.8) is 0 Å². The Morgan fingerprint density at radius 2 is 2.17 bits per heavy atom. The summed E-state index contributed by atoms with van der Waals surface area (Å²) in [5.41, 5.74) is 4.46. The third kappa shape index (κ3) is 1.54. The molecule has 3 heterocycles. The normalized spacial score (nSPS) is 37.9. The third-order valence-electron chi connectivity index (χ3n) is 5.29. The molecule has 2 fully saturated rings. The molecule has 0 saturated carbocycles. The Bertz CT molecular complexity index is 741. The van der Waals surface area contributed by atoms with Crippen LogP contribution >= 0.6 is 0 Å². The molecule has 0 bridgehead atoms. The van der Waals surface area contributed by atoms with Crippen molar-refractivity contribution >= 4 is 17.5 Å². The number of hydrogen-bond donors (Lipinski definition) is 4. The van der Waals surface area contributed by atoms with Gasteiger partial charge >= 0.3 is 5.97 Å². The molecule has 4 rings (SSSR count). The summed E-state index contributed by atoms with van der Waals surface area (Å²) in [6, 6.07) is -0.289. The maximum atomic E-state index is 12.6. The van der Waals surface area contributed by atoms with E-state index in [4.69, 9.17) is 11.6 Å². The van der Waals surface area contributed by atoms with Gasteiger partial charge < -0.3 is 25.9 Å². The summed E-state index contributed by atoms with van der Waals surface area (Å²) in [6.45, 7) is 1.87. The number of rotatable bonds is 2. The van der Waals surface area contributed by atoms with Crippen LogP contribution in [-0.4, -0.2) is 51.9 Å². The Labute approximate surface area is 130 Å². The minimum absolute atomic E-state index is 0.0249. The fraction of sp³-hybridized carbons (Fsp3) is 0.500. The van der Waals surface area contributed by atoms with Gasteiger partial charge in [0.15, 0.2) is 5.72 Å². The molecule has 0 aromatic heterocycles. The van der Waals surface area contributed by atoms with Crippen molar-refractivity contribution in [2.45, 2.75) is 31.2 Å². The lowest BCUT2D eigenvalue weighted by molar-refractivity contribution is -0.151. The van der Waals surface area contributed by atoms with Gasteiger partial charge in [0.2, 0.25) is 11.6 Å². The summed E-state index contributed by atoms with van der Waals surface area (Å²) in [7, 11) is 0. The van der Waals surface area contributed by atoms with E-state index in [1.807, 2.05) is 0 Å². The van der Waals surface area contributed by atoms with E-state index in [0.717, 1.165) is 0 Å². The summed E-state index contributed by atoms with van der Waals surface area (Å²) < 4.78 is 0. The Morgan fingerprint density at radius 3 is 2.83 bits per heavy atom. The first kappa shape index (κ1) is 14.4. The minimum atomic E-state index is -1.53. The number of aliphatic hydroxyl groups is 1. The second-order valence-corrected chi connectivity index (χ2v) is 6.35. The molecule has 9 heteroatoms. The molecule has 0 unspecified atom stereocenters. The largest absolute Gasteiger partial charge is 0.395 e. The van der Waals surface area contributed by atoms with E-state index in [9.17, 15) is 19.5 Å². The lowest BCUT2D eigenvalue weighted by Gasteiger charge is -2.36. The van der Waals surface area contributed by atoms with Crippen LogP contribution in [0.4, 0.5) is 0 Å². The molecule has 122 valence electrons. The topological polar surface area (TPSA) is 158 Å². The number of piperazine rings is 1. The lowest BCUT2D eigenvalue weighted by Crippen LogP contribution is -2.53. The molecule has 23 heavy (non-hydrogen) atoms. The second kappa shape index (κ2) is 4.19. The van der Waals surface area contributed by atoms with E-state index in [-0.39, 0.29) is 46.8 Å². The molecule has 1 aliphatic carbocycles. The number of carbonyl (C=O) groups is 3. The predicted octanol–water partition coefficient (Wildman–Crippen LogP) is -2.59. The number of nitrogens with two attached hydrogens (primary N) is 2. The Kier molecular flexibility index (Phi) is 2.62. The van der Waals surface area contributed by atoms with Crippen LogP contribution in [0.15, 0.2) is 22.5 Å². The van der Waals surface area contributed by atoms with Crippen LogP contribution in [-0.2, 0) is 19.2 Å². The molecule has 2 saturated heterocycles. The molecule has 6 N–H and O–H groups in total. The standard InChI is InChI=1S/C14H16N4O5/c1-4-9(15)12(21)8-5(2-7(19)23-16)14(22)13-6(17-13)3-18(14)10(8)11(4)20/h5-6,13,17,22H,2-3,15-16H2,1H3/t5-,6-,13-,14+/m0/s1. The molecular formula is C14H16N4O5. The van der Waals surface area contributed by atoms with Crippen molar-refractivity contribution in [2.24, 2.45) is 17.5 Å². The highest BCUT2D eigenvalue weighted by Gasteiger charge is 2.71. The summed E-state index contributed by atoms with van der Waals surface area (Å²) >= 11 is 0. The molecule has 4 aliphatic rings. The van der Waals surface area contributed by atoms with Gasteiger partial charge in [-0.2, -0.15) is 5.90 Å². The van der Waals surface area contributed by atoms with Gasteiger partial charge in [0.05, 0.1) is 29.8 Å². The number of carbonyl (C=O) groups excluding carboxylic acids is 3. The van der Waals surface area contributed by atoms with E-state index >= 15 is 0 Å². The number of ketones is 2. The summed E-state index contributed by atoms with van der Waals surface area (Å²) in [5.74, 6) is 2.30. The van der Waals surface area contributed by atoms with Crippen LogP contribution in [0, 0.1) is 5.92 Å². The van der Waals surface area contributed by atoms with Gasteiger partial charge in [0, 0.05) is 23.7 Å². The number of nitrogens with one attached hydrogen (secondary N) is 1. The molecule has 4 atom stereocenters. The van der Waals surface area contributed by atoms with Gasteiger partial charge in [0.25, 0.3) is 0 Å². The smallest absolute Gasteiger partial charge is 0.325 e. The van der Waals surface area contributed by atoms with Crippen LogP contribution in [0.2, 0.25) is 0 Å². The number of allylic oxidation sites excluding steroid dienone is 2. The van der Waals surface area contributed by atoms with Crippen LogP contribution in [0.5, 0.6) is 0 Å². The van der Waals surface area contributed by atoms with Gasteiger partial charge in [-0.3, -0.25) is 14.4 Å². The zero-order valence-electron chi connectivity index (χ0n) is 12.3. The van der Waals surface area contributed by atoms with Crippen molar-refractivity contribution in [1.29, 1.82) is 0 Å². The van der Waals surface area contributed by atoms with Gasteiger partial charge in [-0.1, -0.05) is 0 Å². The molecule has 0 spiro atoms. The Morgan fingerprint density at radius 1 is 1.48 bits per heavy atom. The van der Waals surface area contributed by atoms with Gasteiger partial charge in [-0.15, -0.1) is 0 Å². The number of nitrogens with zero attached hydrogens (tertiary/aromatic N) is 1. The zero-order valence-corrected chi connectivity index (χ0v) is 12.3. The van der Waals surface area contributed by atoms with Gasteiger partial charge in [-0.05, 0) is 6.92 Å². The highest BCUT2D eigenvalue weighted by atomic mass is 16.7. The predicted molar refractivity (Wildman–Crippen MR) is 74.7 cm³/mol. The maximum Gasteiger partial charge on any atom is 0.325 e. The van der Waals surface area contributed by atoms with Crippen LogP contribution in [0.3, 0.4) is 0 Å². The van der Waals surface area contributed by atoms with Gasteiger partial charge in [0.1, 0.15) is 0 Å². The maximum absolute atomic E-state index is 12.6. The first-order valence-corrected chi connectivity index (χ1v) is 7.27. The molecular weight excluding hydrogens is 304 g/mol. The molecule has 0 radical (unpaired) electrons. The second-order valence-electron chi connectivity index (χ2n) is 6.35. The van der Waals surface area contributed by atoms with Crippen molar-refractivity contribution in [3.8, 4) is 0 Å². The van der Waals surface area contributed by atoms with E-state index in [0.29, 0.717) is 6.54 Å². The average Bonchev–Trinajstić information content (AvgIpc) is 3.19. The minimum Gasteiger partial charge on any atom is -0.395 e. The highest BCUT2D eigenvalue weighted by Crippen LogP contribution is 2.54. The first-order valence-electron chi connectivity index (χ1n) is 7.27. The number of hydrogen-bond acceptors (Lipinski definition) is 9. The summed E-state index contributed by atoms with van der Waals surface area (Å²) in [4.78, 5) is 42.6. The molecule has 9 nitrogen and oxygen atoms in total. The SMILES string of the molecule is CC1=C(N)C(=O)C2=C(C1=O)N1C[C@@H]3N[C@@H]3[C@]1(O)[C@H]2CC(=O)ON. The molecule has 0 aromatic carbocycles. The number of fused-ring (bicyclic) bond motifs is 4. The van der Waals surface area contributed by atoms with Crippen molar-refractivity contribution in [3.05, 3.63) is 22.5 Å². The van der Waals surface area contributed by atoms with E-state index in [1.165, 1.54) is 11.8 Å². The van der Waals surface area contributed by atoms with E-state index < -0.39 is 23.4 Å². The van der Waals surface area contributed by atoms with E-state index in [1.54, 1.807) is 0 Å². The Balaban J connectivity index is 1.86. The average molecular weight is 320 g/mol. The van der Waals surface area contributed by atoms with Crippen LogP contribution < -0.4 is 16.9 Å². The van der Waals surface area contributed by atoms with Crippen LogP contribution in [0.25, 0.3) is 0 Å². The molecule has 0 amide bonds. The van der Waals surface area contributed by atoms with Crippen molar-refractivity contribution in [1.82, 2.24) is 10.2 Å². The third-order valence-corrected chi connectivity index (χ3v) is 5.29. The van der Waals surface area contributed by atoms with E-state index in [2.05, 4.69) is 10.2 Å². The van der Waals surface area contributed by atoms with Crippen molar-refractivity contribution < 1.29 is 24.3 Å². The fourth-order valence-corrected chi connectivity index (χ4v) is 4.05. The number of Topliss-reactive ketones (excluding diaryl/α,β-unsaturated/α-hetero) is 2. The Hall–Kier alpha value is -2.23. The zero-order chi connectivity index (χ0) is 16.7. The first-order chi connectivity index (χ1) is 10.8. The van der Waals surface area contributed by atoms with Crippen molar-refractivity contribution in [2.75, 3.05) is 6.54 Å². The summed E-state index contributed by atoms with van der Waals surface area (Å²) in [5, 5.41) is 14.3. The summed E-state index contributed by atoms with van der Waals surface area (Å²) in [6.07, 6.45) is -0.307. The molecule has 3 aliphatic heterocycles.